The molecule has 2 unspecified atom stereocenters. The van der Waals surface area contributed by atoms with E-state index in [1.807, 2.05) is 12.4 Å². The lowest BCUT2D eigenvalue weighted by atomic mass is 9.92. The quantitative estimate of drug-likeness (QED) is 0.659. The number of aromatic amines is 1. The van der Waals surface area contributed by atoms with Crippen molar-refractivity contribution >= 4 is 16.7 Å². The van der Waals surface area contributed by atoms with Crippen LogP contribution in [0.4, 0.5) is 5.82 Å². The number of aryl methyl sites for hydroxylation is 2. The zero-order valence-corrected chi connectivity index (χ0v) is 14.4. The predicted octanol–water partition coefficient (Wildman–Crippen LogP) is 4.06. The minimum Gasteiger partial charge on any atom is -0.391 e. The number of anilines is 1. The van der Waals surface area contributed by atoms with Crippen LogP contribution in [0.1, 0.15) is 36.8 Å². The van der Waals surface area contributed by atoms with Crippen molar-refractivity contribution in [2.45, 2.75) is 50.7 Å². The molecule has 1 saturated carbocycles. The highest BCUT2D eigenvalue weighted by molar-refractivity contribution is 5.88. The SMILES string of the molecule is OC1CCCCC1Nc1[nH]c2ccccc2c1CCc1ccncc1. The maximum Gasteiger partial charge on any atom is 0.107 e. The molecule has 2 heterocycles. The highest BCUT2D eigenvalue weighted by Gasteiger charge is 2.24. The molecule has 4 heteroatoms. The molecule has 0 bridgehead atoms. The minimum absolute atomic E-state index is 0.140. The lowest BCUT2D eigenvalue weighted by Crippen LogP contribution is -2.36. The summed E-state index contributed by atoms with van der Waals surface area (Å²) in [6.07, 6.45) is 9.61. The fraction of sp³-hybridized carbons (Fsp3) is 0.381. The molecular weight excluding hydrogens is 310 g/mol. The number of pyridine rings is 1. The van der Waals surface area contributed by atoms with Gasteiger partial charge in [-0.1, -0.05) is 31.0 Å². The summed E-state index contributed by atoms with van der Waals surface area (Å²) in [4.78, 5) is 7.63. The van der Waals surface area contributed by atoms with E-state index < -0.39 is 0 Å². The maximum absolute atomic E-state index is 10.3. The summed E-state index contributed by atoms with van der Waals surface area (Å²) in [5.74, 6) is 1.07. The monoisotopic (exact) mass is 335 g/mol. The second-order valence-electron chi connectivity index (χ2n) is 6.98. The van der Waals surface area contributed by atoms with Crippen molar-refractivity contribution < 1.29 is 5.11 Å². The molecule has 0 radical (unpaired) electrons. The zero-order valence-electron chi connectivity index (χ0n) is 14.4. The summed E-state index contributed by atoms with van der Waals surface area (Å²) in [6.45, 7) is 0. The largest absolute Gasteiger partial charge is 0.391 e. The number of aromatic nitrogens is 2. The third-order valence-electron chi connectivity index (χ3n) is 5.29. The lowest BCUT2D eigenvalue weighted by molar-refractivity contribution is 0.116. The molecule has 1 aliphatic rings. The Balaban J connectivity index is 1.61. The molecule has 25 heavy (non-hydrogen) atoms. The number of fused-ring (bicyclic) bond motifs is 1. The van der Waals surface area contributed by atoms with Gasteiger partial charge >= 0.3 is 0 Å². The minimum atomic E-state index is -0.256. The van der Waals surface area contributed by atoms with Gasteiger partial charge in [-0.25, -0.2) is 0 Å². The predicted molar refractivity (Wildman–Crippen MR) is 102 cm³/mol. The summed E-state index contributed by atoms with van der Waals surface area (Å²) in [7, 11) is 0. The van der Waals surface area contributed by atoms with Gasteiger partial charge in [-0.05, 0) is 49.4 Å². The molecule has 2 atom stereocenters. The smallest absolute Gasteiger partial charge is 0.107 e. The van der Waals surface area contributed by atoms with E-state index in [0.29, 0.717) is 0 Å². The number of rotatable bonds is 5. The molecule has 0 saturated heterocycles. The number of aliphatic hydroxyl groups excluding tert-OH is 1. The van der Waals surface area contributed by atoms with Gasteiger partial charge in [-0.3, -0.25) is 4.98 Å². The van der Waals surface area contributed by atoms with E-state index in [1.165, 1.54) is 22.9 Å². The Kier molecular flexibility index (Phi) is 4.70. The van der Waals surface area contributed by atoms with Gasteiger partial charge in [0.2, 0.25) is 0 Å². The average molecular weight is 335 g/mol. The second kappa shape index (κ2) is 7.28. The summed E-state index contributed by atoms with van der Waals surface area (Å²) < 4.78 is 0. The van der Waals surface area contributed by atoms with Crippen LogP contribution in [0.5, 0.6) is 0 Å². The highest BCUT2D eigenvalue weighted by Crippen LogP contribution is 2.30. The van der Waals surface area contributed by atoms with Gasteiger partial charge in [-0.15, -0.1) is 0 Å². The Morgan fingerprint density at radius 3 is 2.68 bits per heavy atom. The van der Waals surface area contributed by atoms with Gasteiger partial charge < -0.3 is 15.4 Å². The zero-order chi connectivity index (χ0) is 17.1. The summed E-state index contributed by atoms with van der Waals surface area (Å²) in [5, 5.41) is 15.2. The molecule has 0 spiro atoms. The van der Waals surface area contributed by atoms with Crippen LogP contribution in [0.25, 0.3) is 10.9 Å². The first-order valence-electron chi connectivity index (χ1n) is 9.24. The van der Waals surface area contributed by atoms with E-state index in [1.54, 1.807) is 0 Å². The molecule has 2 aromatic heterocycles. The van der Waals surface area contributed by atoms with Crippen LogP contribution >= 0.6 is 0 Å². The lowest BCUT2D eigenvalue weighted by Gasteiger charge is -2.29. The van der Waals surface area contributed by atoms with Crippen molar-refractivity contribution in [1.29, 1.82) is 0 Å². The second-order valence-corrected chi connectivity index (χ2v) is 6.98. The molecule has 1 aliphatic carbocycles. The van der Waals surface area contributed by atoms with Gasteiger partial charge in [0.25, 0.3) is 0 Å². The van der Waals surface area contributed by atoms with Gasteiger partial charge in [0.05, 0.1) is 12.1 Å². The van der Waals surface area contributed by atoms with Gasteiger partial charge in [0.1, 0.15) is 5.82 Å². The number of nitrogens with one attached hydrogen (secondary N) is 2. The van der Waals surface area contributed by atoms with Crippen LogP contribution in [0.2, 0.25) is 0 Å². The summed E-state index contributed by atoms with van der Waals surface area (Å²) in [5.41, 5.74) is 3.76. The van der Waals surface area contributed by atoms with Crippen LogP contribution in [0.15, 0.2) is 48.8 Å². The summed E-state index contributed by atoms with van der Waals surface area (Å²) >= 11 is 0. The van der Waals surface area contributed by atoms with Crippen molar-refractivity contribution in [3.05, 3.63) is 59.9 Å². The van der Waals surface area contributed by atoms with Crippen molar-refractivity contribution in [3.63, 3.8) is 0 Å². The molecule has 1 aromatic carbocycles. The van der Waals surface area contributed by atoms with Crippen LogP contribution < -0.4 is 5.32 Å². The Morgan fingerprint density at radius 2 is 1.84 bits per heavy atom. The van der Waals surface area contributed by atoms with Gasteiger partial charge in [0, 0.05) is 28.9 Å². The number of nitrogens with zero attached hydrogens (tertiary/aromatic N) is 1. The fourth-order valence-electron chi connectivity index (χ4n) is 3.87. The third kappa shape index (κ3) is 3.54. The van der Waals surface area contributed by atoms with Crippen LogP contribution in [0, 0.1) is 0 Å². The Labute approximate surface area is 148 Å². The molecule has 3 aromatic rings. The molecule has 1 fully saturated rings. The number of hydrogen-bond acceptors (Lipinski definition) is 3. The van der Waals surface area contributed by atoms with E-state index in [2.05, 4.69) is 51.7 Å². The van der Waals surface area contributed by atoms with E-state index in [0.717, 1.165) is 43.4 Å². The summed E-state index contributed by atoms with van der Waals surface area (Å²) in [6, 6.07) is 12.7. The maximum atomic E-state index is 10.3. The van der Waals surface area contributed by atoms with Crippen molar-refractivity contribution in [1.82, 2.24) is 9.97 Å². The number of benzene rings is 1. The first-order valence-corrected chi connectivity index (χ1v) is 9.24. The van der Waals surface area contributed by atoms with E-state index in [-0.39, 0.29) is 12.1 Å². The molecular formula is C21H25N3O. The number of hydrogen-bond donors (Lipinski definition) is 3. The van der Waals surface area contributed by atoms with E-state index >= 15 is 0 Å². The topological polar surface area (TPSA) is 60.9 Å². The number of para-hydroxylation sites is 1. The highest BCUT2D eigenvalue weighted by atomic mass is 16.3. The van der Waals surface area contributed by atoms with Crippen LogP contribution in [0.3, 0.4) is 0 Å². The molecule has 4 rings (SSSR count). The Morgan fingerprint density at radius 1 is 1.04 bits per heavy atom. The molecule has 0 amide bonds. The standard InChI is InChI=1S/C21H25N3O/c25-20-8-4-3-7-19(20)24-21-17(10-9-15-11-13-22-14-12-15)16-5-1-2-6-18(16)23-21/h1-2,5-6,11-14,19-20,23-25H,3-4,7-10H2. The molecule has 0 aliphatic heterocycles. The average Bonchev–Trinajstić information content (AvgIpc) is 3.00. The third-order valence-corrected chi connectivity index (χ3v) is 5.29. The van der Waals surface area contributed by atoms with Crippen LogP contribution in [-0.4, -0.2) is 27.2 Å². The van der Waals surface area contributed by atoms with Crippen molar-refractivity contribution in [2.75, 3.05) is 5.32 Å². The first-order chi connectivity index (χ1) is 12.3. The molecule has 130 valence electrons. The number of H-pyrrole nitrogens is 1. The van der Waals surface area contributed by atoms with Crippen LogP contribution in [-0.2, 0) is 12.8 Å². The van der Waals surface area contributed by atoms with Crippen molar-refractivity contribution in [3.8, 4) is 0 Å². The van der Waals surface area contributed by atoms with Gasteiger partial charge in [0.15, 0.2) is 0 Å². The number of aliphatic hydroxyl groups is 1. The molecule has 3 N–H and O–H groups in total. The normalized spacial score (nSPS) is 20.7. The van der Waals surface area contributed by atoms with E-state index in [9.17, 15) is 5.11 Å². The fourth-order valence-corrected chi connectivity index (χ4v) is 3.87. The first kappa shape index (κ1) is 16.2. The van der Waals surface area contributed by atoms with Gasteiger partial charge in [-0.2, -0.15) is 0 Å². The molecule has 4 nitrogen and oxygen atoms in total. The van der Waals surface area contributed by atoms with E-state index in [4.69, 9.17) is 0 Å². The van der Waals surface area contributed by atoms with Crippen molar-refractivity contribution in [2.24, 2.45) is 0 Å². The Bertz CT molecular complexity index is 828. The Hall–Kier alpha value is -2.33.